The number of hydrogen-bond acceptors (Lipinski definition) is 4. The second kappa shape index (κ2) is 8.84. The number of benzene rings is 1. The molecule has 2 aromatic rings. The van der Waals surface area contributed by atoms with E-state index in [0.29, 0.717) is 43.9 Å². The Labute approximate surface area is 161 Å². The summed E-state index contributed by atoms with van der Waals surface area (Å²) in [6, 6.07) is 5.02. The van der Waals surface area contributed by atoms with Gasteiger partial charge in [-0.05, 0) is 24.1 Å². The van der Waals surface area contributed by atoms with Crippen molar-refractivity contribution in [3.63, 3.8) is 0 Å². The standard InChI is InChI=1S/C19H30N4O3S/c1-6-23(7-2)27(25,26)15-8-9-17-16(12-15)21-18(22(17)5)10-11-19(24)20-13-14(3)4/h8-9,12,14H,6-7,10-11,13H2,1-5H3,(H,20,24). The number of sulfonamides is 1. The molecule has 0 spiro atoms. The van der Waals surface area contributed by atoms with Crippen LogP contribution in [-0.4, -0.2) is 47.8 Å². The summed E-state index contributed by atoms with van der Waals surface area (Å²) >= 11 is 0. The minimum absolute atomic E-state index is 0.000515. The van der Waals surface area contributed by atoms with Crippen molar-refractivity contribution in [3.8, 4) is 0 Å². The Kier molecular flexibility index (Phi) is 7.00. The number of nitrogens with zero attached hydrogens (tertiary/aromatic N) is 3. The second-order valence-electron chi connectivity index (χ2n) is 7.02. The van der Waals surface area contributed by atoms with Gasteiger partial charge in [-0.25, -0.2) is 13.4 Å². The van der Waals surface area contributed by atoms with Crippen LogP contribution in [0.25, 0.3) is 11.0 Å². The number of aromatic nitrogens is 2. The number of carbonyl (C=O) groups is 1. The van der Waals surface area contributed by atoms with Crippen molar-refractivity contribution >= 4 is 27.0 Å². The van der Waals surface area contributed by atoms with Crippen molar-refractivity contribution < 1.29 is 13.2 Å². The van der Waals surface area contributed by atoms with Crippen molar-refractivity contribution in [3.05, 3.63) is 24.0 Å². The van der Waals surface area contributed by atoms with Crippen molar-refractivity contribution in [2.75, 3.05) is 19.6 Å². The average molecular weight is 395 g/mol. The molecular weight excluding hydrogens is 364 g/mol. The number of hydrogen-bond donors (Lipinski definition) is 1. The highest BCUT2D eigenvalue weighted by molar-refractivity contribution is 7.89. The fourth-order valence-electron chi connectivity index (χ4n) is 2.96. The van der Waals surface area contributed by atoms with Crippen LogP contribution in [0.2, 0.25) is 0 Å². The highest BCUT2D eigenvalue weighted by Gasteiger charge is 2.22. The highest BCUT2D eigenvalue weighted by Crippen LogP contribution is 2.22. The van der Waals surface area contributed by atoms with Crippen LogP contribution in [0.15, 0.2) is 23.1 Å². The molecule has 1 amide bonds. The first-order chi connectivity index (χ1) is 12.7. The molecule has 0 unspecified atom stereocenters. The van der Waals surface area contributed by atoms with Gasteiger partial charge in [0.05, 0.1) is 15.9 Å². The van der Waals surface area contributed by atoms with Gasteiger partial charge in [-0.3, -0.25) is 4.79 Å². The number of imidazole rings is 1. The van der Waals surface area contributed by atoms with E-state index in [1.807, 2.05) is 25.5 Å². The minimum Gasteiger partial charge on any atom is -0.356 e. The fourth-order valence-corrected chi connectivity index (χ4v) is 4.44. The number of aryl methyl sites for hydroxylation is 2. The maximum atomic E-state index is 12.7. The van der Waals surface area contributed by atoms with Crippen LogP contribution in [0.5, 0.6) is 0 Å². The first-order valence-corrected chi connectivity index (χ1v) is 10.9. The number of rotatable bonds is 9. The molecule has 1 aromatic carbocycles. The summed E-state index contributed by atoms with van der Waals surface area (Å²) in [5.41, 5.74) is 1.48. The third-order valence-electron chi connectivity index (χ3n) is 4.57. The number of amides is 1. The molecule has 27 heavy (non-hydrogen) atoms. The van der Waals surface area contributed by atoms with Gasteiger partial charge >= 0.3 is 0 Å². The predicted molar refractivity (Wildman–Crippen MR) is 107 cm³/mol. The highest BCUT2D eigenvalue weighted by atomic mass is 32.2. The Morgan fingerprint density at radius 2 is 1.93 bits per heavy atom. The van der Waals surface area contributed by atoms with E-state index < -0.39 is 10.0 Å². The molecule has 0 aliphatic rings. The van der Waals surface area contributed by atoms with E-state index in [9.17, 15) is 13.2 Å². The van der Waals surface area contributed by atoms with Crippen LogP contribution in [0.1, 0.15) is 39.9 Å². The van der Waals surface area contributed by atoms with Crippen LogP contribution >= 0.6 is 0 Å². The van der Waals surface area contributed by atoms with Gasteiger partial charge in [-0.1, -0.05) is 27.7 Å². The maximum absolute atomic E-state index is 12.7. The van der Waals surface area contributed by atoms with Crippen molar-refractivity contribution in [2.45, 2.75) is 45.4 Å². The van der Waals surface area contributed by atoms with Gasteiger partial charge in [-0.15, -0.1) is 0 Å². The van der Waals surface area contributed by atoms with Crippen LogP contribution in [0, 0.1) is 5.92 Å². The van der Waals surface area contributed by atoms with E-state index in [-0.39, 0.29) is 10.8 Å². The van der Waals surface area contributed by atoms with E-state index in [0.717, 1.165) is 11.3 Å². The topological polar surface area (TPSA) is 84.3 Å². The molecule has 1 aromatic heterocycles. The monoisotopic (exact) mass is 394 g/mol. The summed E-state index contributed by atoms with van der Waals surface area (Å²) in [5, 5.41) is 2.90. The van der Waals surface area contributed by atoms with E-state index >= 15 is 0 Å². The third-order valence-corrected chi connectivity index (χ3v) is 6.62. The summed E-state index contributed by atoms with van der Waals surface area (Å²) in [6.45, 7) is 9.26. The summed E-state index contributed by atoms with van der Waals surface area (Å²) < 4.78 is 28.8. The van der Waals surface area contributed by atoms with Crippen molar-refractivity contribution in [1.82, 2.24) is 19.2 Å². The quantitative estimate of drug-likeness (QED) is 0.707. The summed E-state index contributed by atoms with van der Waals surface area (Å²) in [5.74, 6) is 1.18. The molecule has 0 aliphatic carbocycles. The van der Waals surface area contributed by atoms with E-state index in [1.165, 1.54) is 4.31 Å². The minimum atomic E-state index is -3.52. The lowest BCUT2D eigenvalue weighted by Gasteiger charge is -2.18. The Morgan fingerprint density at radius 3 is 2.52 bits per heavy atom. The normalized spacial score (nSPS) is 12.3. The first-order valence-electron chi connectivity index (χ1n) is 9.42. The molecule has 0 saturated heterocycles. The number of nitrogens with one attached hydrogen (secondary N) is 1. The zero-order valence-electron chi connectivity index (χ0n) is 16.8. The van der Waals surface area contributed by atoms with Crippen LogP contribution < -0.4 is 5.32 Å². The van der Waals surface area contributed by atoms with Gasteiger partial charge in [0.25, 0.3) is 0 Å². The Bertz CT molecular complexity index is 899. The summed E-state index contributed by atoms with van der Waals surface area (Å²) in [7, 11) is -1.63. The lowest BCUT2D eigenvalue weighted by molar-refractivity contribution is -0.121. The second-order valence-corrected chi connectivity index (χ2v) is 8.96. The van der Waals surface area contributed by atoms with Gasteiger partial charge in [-0.2, -0.15) is 4.31 Å². The van der Waals surface area contributed by atoms with Crippen LogP contribution in [-0.2, 0) is 28.3 Å². The molecule has 0 fully saturated rings. The molecule has 0 aliphatic heterocycles. The molecule has 1 heterocycles. The summed E-state index contributed by atoms with van der Waals surface area (Å²) in [4.78, 5) is 16.8. The van der Waals surface area contributed by atoms with E-state index in [1.54, 1.807) is 18.2 Å². The fraction of sp³-hybridized carbons (Fsp3) is 0.579. The van der Waals surface area contributed by atoms with Gasteiger partial charge in [0.1, 0.15) is 5.82 Å². The zero-order chi connectivity index (χ0) is 20.2. The smallest absolute Gasteiger partial charge is 0.243 e. The molecule has 8 heteroatoms. The van der Waals surface area contributed by atoms with Gasteiger partial charge in [0.2, 0.25) is 15.9 Å². The van der Waals surface area contributed by atoms with Crippen LogP contribution in [0.3, 0.4) is 0 Å². The summed E-state index contributed by atoms with van der Waals surface area (Å²) in [6.07, 6.45) is 0.863. The van der Waals surface area contributed by atoms with Crippen molar-refractivity contribution in [1.29, 1.82) is 0 Å². The predicted octanol–water partition coefficient (Wildman–Crippen LogP) is 2.31. The first kappa shape index (κ1) is 21.4. The SMILES string of the molecule is CCN(CC)S(=O)(=O)c1ccc2c(c1)nc(CCC(=O)NCC(C)C)n2C. The van der Waals surface area contributed by atoms with E-state index in [4.69, 9.17) is 0 Å². The Balaban J connectivity index is 2.22. The zero-order valence-corrected chi connectivity index (χ0v) is 17.6. The molecule has 2 rings (SSSR count). The van der Waals surface area contributed by atoms with Gasteiger partial charge in [0, 0.05) is 39.5 Å². The lowest BCUT2D eigenvalue weighted by Crippen LogP contribution is -2.30. The van der Waals surface area contributed by atoms with Gasteiger partial charge in [0.15, 0.2) is 0 Å². The molecule has 0 radical (unpaired) electrons. The molecule has 0 bridgehead atoms. The van der Waals surface area contributed by atoms with Crippen molar-refractivity contribution in [2.24, 2.45) is 13.0 Å². The largest absolute Gasteiger partial charge is 0.356 e. The third kappa shape index (κ3) is 4.87. The number of fused-ring (bicyclic) bond motifs is 1. The molecule has 0 saturated carbocycles. The molecule has 1 N–H and O–H groups in total. The molecule has 0 atom stereocenters. The van der Waals surface area contributed by atoms with Gasteiger partial charge < -0.3 is 9.88 Å². The maximum Gasteiger partial charge on any atom is 0.243 e. The van der Waals surface area contributed by atoms with E-state index in [2.05, 4.69) is 24.1 Å². The molecule has 7 nitrogen and oxygen atoms in total. The Morgan fingerprint density at radius 1 is 1.26 bits per heavy atom. The average Bonchev–Trinajstić information content (AvgIpc) is 2.94. The Hall–Kier alpha value is -1.93. The van der Waals surface area contributed by atoms with Crippen LogP contribution in [0.4, 0.5) is 0 Å². The lowest BCUT2D eigenvalue weighted by atomic mass is 10.2. The molecular formula is C19H30N4O3S. The molecule has 150 valence electrons. The number of carbonyl (C=O) groups excluding carboxylic acids is 1.